The SMILES string of the molecule is C=CC(=O)OCC(C)N=C=S. The third kappa shape index (κ3) is 5.45. The van der Waals surface area contributed by atoms with Crippen LogP contribution in [0.1, 0.15) is 6.92 Å². The molecular formula is C7H9NO2S. The number of hydrogen-bond donors (Lipinski definition) is 0. The summed E-state index contributed by atoms with van der Waals surface area (Å²) in [5.41, 5.74) is 0. The van der Waals surface area contributed by atoms with Crippen LogP contribution in [-0.2, 0) is 9.53 Å². The van der Waals surface area contributed by atoms with Gasteiger partial charge in [-0.3, -0.25) is 0 Å². The molecule has 0 bridgehead atoms. The Balaban J connectivity index is 3.61. The van der Waals surface area contributed by atoms with Gasteiger partial charge in [0.1, 0.15) is 6.61 Å². The predicted octanol–water partition coefficient (Wildman–Crippen LogP) is 1.21. The van der Waals surface area contributed by atoms with Crippen molar-refractivity contribution in [2.45, 2.75) is 13.0 Å². The van der Waals surface area contributed by atoms with E-state index in [-0.39, 0.29) is 12.6 Å². The highest BCUT2D eigenvalue weighted by molar-refractivity contribution is 7.78. The second-order valence-corrected chi connectivity index (χ2v) is 2.09. The zero-order chi connectivity index (χ0) is 8.69. The summed E-state index contributed by atoms with van der Waals surface area (Å²) in [7, 11) is 0. The lowest BCUT2D eigenvalue weighted by Crippen LogP contribution is -2.12. The quantitative estimate of drug-likeness (QED) is 0.276. The first-order valence-corrected chi connectivity index (χ1v) is 3.47. The average molecular weight is 171 g/mol. The molecule has 0 saturated heterocycles. The van der Waals surface area contributed by atoms with Gasteiger partial charge in [-0.25, -0.2) is 9.79 Å². The van der Waals surface area contributed by atoms with Gasteiger partial charge in [-0.05, 0) is 19.1 Å². The summed E-state index contributed by atoms with van der Waals surface area (Å²) in [6, 6.07) is -0.128. The van der Waals surface area contributed by atoms with E-state index >= 15 is 0 Å². The molecule has 0 aliphatic rings. The topological polar surface area (TPSA) is 38.7 Å². The van der Waals surface area contributed by atoms with Gasteiger partial charge in [0.2, 0.25) is 0 Å². The van der Waals surface area contributed by atoms with Crippen LogP contribution in [0.4, 0.5) is 0 Å². The second kappa shape index (κ2) is 5.77. The van der Waals surface area contributed by atoms with Crippen molar-refractivity contribution in [3.05, 3.63) is 12.7 Å². The maximum absolute atomic E-state index is 10.5. The van der Waals surface area contributed by atoms with E-state index in [1.54, 1.807) is 6.92 Å². The van der Waals surface area contributed by atoms with Gasteiger partial charge in [0, 0.05) is 6.08 Å². The van der Waals surface area contributed by atoms with Crippen LogP contribution < -0.4 is 0 Å². The lowest BCUT2D eigenvalue weighted by atomic mass is 10.4. The lowest BCUT2D eigenvalue weighted by molar-refractivity contribution is -0.138. The molecule has 0 aliphatic carbocycles. The molecule has 1 unspecified atom stereocenters. The van der Waals surface area contributed by atoms with E-state index in [4.69, 9.17) is 0 Å². The number of carbonyl (C=O) groups is 1. The molecule has 0 N–H and O–H groups in total. The summed E-state index contributed by atoms with van der Waals surface area (Å²) in [6.45, 7) is 5.23. The molecule has 0 aromatic carbocycles. The smallest absolute Gasteiger partial charge is 0.330 e. The van der Waals surface area contributed by atoms with Crippen molar-refractivity contribution in [1.29, 1.82) is 0 Å². The van der Waals surface area contributed by atoms with E-state index in [0.29, 0.717) is 0 Å². The maximum atomic E-state index is 10.5. The number of aliphatic imine (C=N–C) groups is 1. The number of hydrogen-bond acceptors (Lipinski definition) is 4. The molecule has 3 nitrogen and oxygen atoms in total. The number of rotatable bonds is 4. The molecule has 0 rings (SSSR count). The van der Waals surface area contributed by atoms with E-state index in [0.717, 1.165) is 6.08 Å². The molecule has 4 heteroatoms. The minimum absolute atomic E-state index is 0.128. The van der Waals surface area contributed by atoms with E-state index in [9.17, 15) is 4.79 Å². The molecule has 0 saturated carbocycles. The van der Waals surface area contributed by atoms with Crippen molar-refractivity contribution < 1.29 is 9.53 Å². The van der Waals surface area contributed by atoms with Crippen LogP contribution in [0.15, 0.2) is 17.6 Å². The van der Waals surface area contributed by atoms with Crippen molar-refractivity contribution in [3.8, 4) is 0 Å². The Morgan fingerprint density at radius 2 is 2.64 bits per heavy atom. The molecule has 0 heterocycles. The number of isothiocyanates is 1. The van der Waals surface area contributed by atoms with Gasteiger partial charge in [0.25, 0.3) is 0 Å². The minimum Gasteiger partial charge on any atom is -0.460 e. The fourth-order valence-electron chi connectivity index (χ4n) is 0.389. The summed E-state index contributed by atoms with van der Waals surface area (Å²) in [5, 5.41) is 2.20. The predicted molar refractivity (Wildman–Crippen MR) is 45.6 cm³/mol. The first kappa shape index (κ1) is 10.0. The van der Waals surface area contributed by atoms with Gasteiger partial charge < -0.3 is 4.74 Å². The third-order valence-corrected chi connectivity index (χ3v) is 1.01. The number of ether oxygens (including phenoxy) is 1. The summed E-state index contributed by atoms with van der Waals surface area (Å²) >= 11 is 4.36. The standard InChI is InChI=1S/C7H9NO2S/c1-3-7(9)10-4-6(2)8-5-11/h3,6H,1,4H2,2H3. The maximum Gasteiger partial charge on any atom is 0.330 e. The number of thiocarbonyl (C=S) groups is 1. The van der Waals surface area contributed by atoms with E-state index in [1.807, 2.05) is 0 Å². The fraction of sp³-hybridized carbons (Fsp3) is 0.429. The van der Waals surface area contributed by atoms with Crippen molar-refractivity contribution in [1.82, 2.24) is 0 Å². The third-order valence-electron chi connectivity index (χ3n) is 0.907. The molecule has 0 aromatic heterocycles. The van der Waals surface area contributed by atoms with Gasteiger partial charge in [0.15, 0.2) is 0 Å². The Morgan fingerprint density at radius 3 is 3.09 bits per heavy atom. The van der Waals surface area contributed by atoms with Crippen molar-refractivity contribution >= 4 is 23.3 Å². The molecule has 0 fully saturated rings. The Labute approximate surface area is 70.8 Å². The van der Waals surface area contributed by atoms with Gasteiger partial charge >= 0.3 is 5.97 Å². The van der Waals surface area contributed by atoms with Gasteiger partial charge in [-0.2, -0.15) is 0 Å². The highest BCUT2D eigenvalue weighted by Crippen LogP contribution is 1.90. The second-order valence-electron chi connectivity index (χ2n) is 1.90. The van der Waals surface area contributed by atoms with E-state index < -0.39 is 5.97 Å². The van der Waals surface area contributed by atoms with Crippen LogP contribution in [0.2, 0.25) is 0 Å². The molecule has 0 aliphatic heterocycles. The normalized spacial score (nSPS) is 11.0. The van der Waals surface area contributed by atoms with Crippen LogP contribution >= 0.6 is 12.2 Å². The van der Waals surface area contributed by atoms with E-state index in [2.05, 4.69) is 33.7 Å². The Bertz CT molecular complexity index is 197. The molecule has 11 heavy (non-hydrogen) atoms. The fourth-order valence-corrected chi connectivity index (χ4v) is 0.569. The zero-order valence-corrected chi connectivity index (χ0v) is 7.06. The molecular weight excluding hydrogens is 162 g/mol. The minimum atomic E-state index is -0.448. The van der Waals surface area contributed by atoms with Crippen LogP contribution in [0.5, 0.6) is 0 Å². The van der Waals surface area contributed by atoms with Crippen LogP contribution in [0, 0.1) is 0 Å². The first-order valence-electron chi connectivity index (χ1n) is 3.07. The van der Waals surface area contributed by atoms with Crippen LogP contribution in [0.25, 0.3) is 0 Å². The zero-order valence-electron chi connectivity index (χ0n) is 6.24. The van der Waals surface area contributed by atoms with Crippen molar-refractivity contribution in [2.75, 3.05) is 6.61 Å². The summed E-state index contributed by atoms with van der Waals surface area (Å²) in [6.07, 6.45) is 1.11. The molecule has 0 aromatic rings. The van der Waals surface area contributed by atoms with Crippen molar-refractivity contribution in [2.24, 2.45) is 4.99 Å². The number of esters is 1. The Hall–Kier alpha value is -0.990. The molecule has 0 spiro atoms. The van der Waals surface area contributed by atoms with Crippen LogP contribution in [0.3, 0.4) is 0 Å². The molecule has 1 atom stereocenters. The van der Waals surface area contributed by atoms with Crippen molar-refractivity contribution in [3.63, 3.8) is 0 Å². The largest absolute Gasteiger partial charge is 0.460 e. The average Bonchev–Trinajstić information content (AvgIpc) is 2.01. The Morgan fingerprint density at radius 1 is 2.00 bits per heavy atom. The highest BCUT2D eigenvalue weighted by atomic mass is 32.1. The number of nitrogens with zero attached hydrogens (tertiary/aromatic N) is 1. The van der Waals surface area contributed by atoms with E-state index in [1.165, 1.54) is 0 Å². The summed E-state index contributed by atoms with van der Waals surface area (Å²) in [5.74, 6) is -0.448. The lowest BCUT2D eigenvalue weighted by Gasteiger charge is -2.03. The molecule has 0 radical (unpaired) electrons. The monoisotopic (exact) mass is 171 g/mol. The summed E-state index contributed by atoms with van der Waals surface area (Å²) < 4.78 is 4.67. The van der Waals surface area contributed by atoms with Gasteiger partial charge in [-0.1, -0.05) is 6.58 Å². The highest BCUT2D eigenvalue weighted by Gasteiger charge is 2.00. The molecule has 60 valence electrons. The van der Waals surface area contributed by atoms with Gasteiger partial charge in [0.05, 0.1) is 11.2 Å². The van der Waals surface area contributed by atoms with Gasteiger partial charge in [-0.15, -0.1) is 0 Å². The van der Waals surface area contributed by atoms with Crippen LogP contribution in [-0.4, -0.2) is 23.8 Å². The first-order chi connectivity index (χ1) is 5.20. The Kier molecular flexibility index (Phi) is 5.25. The number of carbonyl (C=O) groups excluding carboxylic acids is 1. The summed E-state index contributed by atoms with van der Waals surface area (Å²) in [4.78, 5) is 14.2. The molecule has 0 amide bonds.